The lowest BCUT2D eigenvalue weighted by Crippen LogP contribution is -2.47. The predicted octanol–water partition coefficient (Wildman–Crippen LogP) is 0.953. The number of rotatable bonds is 5. The van der Waals surface area contributed by atoms with Crippen LogP contribution in [0.25, 0.3) is 0 Å². The van der Waals surface area contributed by atoms with Crippen LogP contribution in [0, 0.1) is 17.8 Å². The average Bonchev–Trinajstić information content (AvgIpc) is 3.21. The second kappa shape index (κ2) is 6.86. The van der Waals surface area contributed by atoms with E-state index in [9.17, 15) is 9.59 Å². The molecule has 0 saturated heterocycles. The number of aryl methyl sites for hydroxylation is 1. The number of urea groups is 1. The molecular weight excluding hydrogens is 316 g/mol. The number of aromatic nitrogens is 4. The van der Waals surface area contributed by atoms with Crippen LogP contribution in [-0.4, -0.2) is 43.9 Å². The smallest absolute Gasteiger partial charge is 0.321 e. The summed E-state index contributed by atoms with van der Waals surface area (Å²) < 4.78 is 1.48. The summed E-state index contributed by atoms with van der Waals surface area (Å²) in [5, 5.41) is 16.8. The van der Waals surface area contributed by atoms with E-state index in [-0.39, 0.29) is 17.7 Å². The Balaban J connectivity index is 1.40. The van der Waals surface area contributed by atoms with Crippen molar-refractivity contribution in [2.45, 2.75) is 43.8 Å². The van der Waals surface area contributed by atoms with Gasteiger partial charge in [-0.15, -0.1) is 5.10 Å². The molecule has 2 fully saturated rings. The molecule has 2 N–H and O–H groups in total. The summed E-state index contributed by atoms with van der Waals surface area (Å²) in [6, 6.07) is -0.310. The molecule has 1 aromatic rings. The lowest BCUT2D eigenvalue weighted by Gasteiger charge is -2.28. The first-order valence-electron chi connectivity index (χ1n) is 7.98. The van der Waals surface area contributed by atoms with Gasteiger partial charge in [0.1, 0.15) is 0 Å². The van der Waals surface area contributed by atoms with E-state index in [4.69, 9.17) is 0 Å². The second-order valence-electron chi connectivity index (χ2n) is 6.52. The normalized spacial score (nSPS) is 27.0. The van der Waals surface area contributed by atoms with Crippen LogP contribution in [0.1, 0.15) is 32.6 Å². The molecule has 0 unspecified atom stereocenters. The maximum absolute atomic E-state index is 12.0. The number of fused-ring (bicyclic) bond motifs is 2. The minimum absolute atomic E-state index is 0.101. The van der Waals surface area contributed by atoms with Crippen LogP contribution in [0.15, 0.2) is 5.16 Å². The topological polar surface area (TPSA) is 102 Å². The first-order valence-corrected chi connectivity index (χ1v) is 8.97. The van der Waals surface area contributed by atoms with E-state index in [0.717, 1.165) is 11.8 Å². The van der Waals surface area contributed by atoms with Crippen molar-refractivity contribution in [3.8, 4) is 0 Å². The summed E-state index contributed by atoms with van der Waals surface area (Å²) in [4.78, 5) is 23.8. The van der Waals surface area contributed by atoms with Crippen molar-refractivity contribution in [3.63, 3.8) is 0 Å². The fourth-order valence-electron chi connectivity index (χ4n) is 3.89. The molecular formula is C14H22N6O2S. The van der Waals surface area contributed by atoms with E-state index in [1.54, 1.807) is 7.05 Å². The van der Waals surface area contributed by atoms with Crippen molar-refractivity contribution in [3.05, 3.63) is 0 Å². The molecule has 4 atom stereocenters. The summed E-state index contributed by atoms with van der Waals surface area (Å²) in [6.07, 6.45) is 5.13. The molecule has 126 valence electrons. The van der Waals surface area contributed by atoms with Gasteiger partial charge in [-0.05, 0) is 54.4 Å². The van der Waals surface area contributed by atoms with Crippen LogP contribution in [0.3, 0.4) is 0 Å². The zero-order valence-electron chi connectivity index (χ0n) is 13.4. The van der Waals surface area contributed by atoms with Crippen molar-refractivity contribution in [2.24, 2.45) is 24.8 Å². The zero-order chi connectivity index (χ0) is 16.4. The van der Waals surface area contributed by atoms with E-state index in [0.29, 0.717) is 11.1 Å². The SMILES string of the molecule is C[C@@H](NC(=O)NC(=O)CSc1nnnn1C)[C@@H]1C[C@H]2CC[C@H]1C2. The van der Waals surface area contributed by atoms with Gasteiger partial charge in [0.25, 0.3) is 0 Å². The van der Waals surface area contributed by atoms with E-state index in [2.05, 4.69) is 26.2 Å². The molecule has 0 aromatic carbocycles. The molecule has 2 bridgehead atoms. The number of nitrogens with one attached hydrogen (secondary N) is 2. The van der Waals surface area contributed by atoms with Gasteiger partial charge in [0.05, 0.1) is 5.75 Å². The third kappa shape index (κ3) is 3.82. The molecule has 2 aliphatic rings. The lowest BCUT2D eigenvalue weighted by molar-refractivity contribution is -0.117. The standard InChI is InChI=1S/C14H22N6O2S/c1-8(11-6-9-3-4-10(11)5-9)15-13(22)16-12(21)7-23-14-17-18-19-20(14)2/h8-11H,3-7H2,1-2H3,(H2,15,16,21,22)/t8-,9+,10+,11+/m1/s1. The summed E-state index contributed by atoms with van der Waals surface area (Å²) in [7, 11) is 1.70. The van der Waals surface area contributed by atoms with Gasteiger partial charge < -0.3 is 5.32 Å². The van der Waals surface area contributed by atoms with Gasteiger partial charge in [0.15, 0.2) is 0 Å². The van der Waals surface area contributed by atoms with Gasteiger partial charge in [0, 0.05) is 13.1 Å². The number of imide groups is 1. The molecule has 1 heterocycles. The first kappa shape index (κ1) is 16.2. The highest BCUT2D eigenvalue weighted by atomic mass is 32.2. The summed E-state index contributed by atoms with van der Waals surface area (Å²) in [6.45, 7) is 2.04. The van der Waals surface area contributed by atoms with Gasteiger partial charge in [-0.3, -0.25) is 10.1 Å². The second-order valence-corrected chi connectivity index (χ2v) is 7.47. The van der Waals surface area contributed by atoms with Gasteiger partial charge in [-0.25, -0.2) is 9.48 Å². The molecule has 9 heteroatoms. The number of carbonyl (C=O) groups is 2. The number of hydrogen-bond donors (Lipinski definition) is 2. The van der Waals surface area contributed by atoms with Gasteiger partial charge >= 0.3 is 6.03 Å². The number of amides is 3. The number of carbonyl (C=O) groups excluding carboxylic acids is 2. The van der Waals surface area contributed by atoms with Crippen molar-refractivity contribution in [2.75, 3.05) is 5.75 Å². The number of hydrogen-bond acceptors (Lipinski definition) is 6. The Morgan fingerprint density at radius 1 is 1.39 bits per heavy atom. The van der Waals surface area contributed by atoms with Crippen molar-refractivity contribution >= 4 is 23.7 Å². The maximum atomic E-state index is 12.0. The molecule has 23 heavy (non-hydrogen) atoms. The molecule has 0 radical (unpaired) electrons. The number of thioether (sulfide) groups is 1. The highest BCUT2D eigenvalue weighted by molar-refractivity contribution is 7.99. The van der Waals surface area contributed by atoms with Crippen LogP contribution in [0.4, 0.5) is 4.79 Å². The summed E-state index contributed by atoms with van der Waals surface area (Å²) in [5.41, 5.74) is 0. The molecule has 8 nitrogen and oxygen atoms in total. The minimum atomic E-state index is -0.415. The quantitative estimate of drug-likeness (QED) is 0.775. The molecule has 2 aliphatic carbocycles. The lowest BCUT2D eigenvalue weighted by atomic mass is 9.84. The van der Waals surface area contributed by atoms with Crippen LogP contribution in [-0.2, 0) is 11.8 Å². The Morgan fingerprint density at radius 2 is 2.22 bits per heavy atom. The van der Waals surface area contributed by atoms with E-state index >= 15 is 0 Å². The van der Waals surface area contributed by atoms with Crippen LogP contribution in [0.2, 0.25) is 0 Å². The monoisotopic (exact) mass is 338 g/mol. The van der Waals surface area contributed by atoms with E-state index < -0.39 is 6.03 Å². The molecule has 0 spiro atoms. The minimum Gasteiger partial charge on any atom is -0.335 e. The molecule has 3 rings (SSSR count). The Hall–Kier alpha value is -1.64. The highest BCUT2D eigenvalue weighted by Crippen LogP contribution is 2.49. The molecule has 3 amide bonds. The Morgan fingerprint density at radius 3 is 2.83 bits per heavy atom. The first-order chi connectivity index (χ1) is 11.0. The average molecular weight is 338 g/mol. The van der Waals surface area contributed by atoms with Gasteiger partial charge in [0.2, 0.25) is 11.1 Å². The fraction of sp³-hybridized carbons (Fsp3) is 0.786. The third-order valence-electron chi connectivity index (χ3n) is 4.96. The van der Waals surface area contributed by atoms with Crippen molar-refractivity contribution in [1.29, 1.82) is 0 Å². The van der Waals surface area contributed by atoms with Crippen molar-refractivity contribution < 1.29 is 9.59 Å². The highest BCUT2D eigenvalue weighted by Gasteiger charge is 2.42. The molecule has 1 aromatic heterocycles. The van der Waals surface area contributed by atoms with Crippen molar-refractivity contribution in [1.82, 2.24) is 30.8 Å². The number of nitrogens with zero attached hydrogens (tertiary/aromatic N) is 4. The van der Waals surface area contributed by atoms with Crippen LogP contribution in [0.5, 0.6) is 0 Å². The fourth-order valence-corrected chi connectivity index (χ4v) is 4.54. The Bertz CT molecular complexity index is 592. The van der Waals surface area contributed by atoms with E-state index in [1.165, 1.54) is 42.1 Å². The Kier molecular flexibility index (Phi) is 4.84. The largest absolute Gasteiger partial charge is 0.335 e. The predicted molar refractivity (Wildman–Crippen MR) is 84.6 cm³/mol. The summed E-state index contributed by atoms with van der Waals surface area (Å²) >= 11 is 1.19. The third-order valence-corrected chi connectivity index (χ3v) is 5.97. The zero-order valence-corrected chi connectivity index (χ0v) is 14.2. The maximum Gasteiger partial charge on any atom is 0.321 e. The summed E-state index contributed by atoms with van der Waals surface area (Å²) in [5.74, 6) is 1.88. The van der Waals surface area contributed by atoms with Gasteiger partial charge in [-0.1, -0.05) is 18.2 Å². The van der Waals surface area contributed by atoms with Crippen LogP contribution >= 0.6 is 11.8 Å². The van der Waals surface area contributed by atoms with Gasteiger partial charge in [-0.2, -0.15) is 0 Å². The van der Waals surface area contributed by atoms with E-state index in [1.807, 2.05) is 6.92 Å². The Labute approximate surface area is 139 Å². The molecule has 0 aliphatic heterocycles. The molecule has 2 saturated carbocycles. The number of tetrazole rings is 1. The van der Waals surface area contributed by atoms with Crippen LogP contribution < -0.4 is 10.6 Å².